The molecule has 1 N–H and O–H groups in total. The number of hydrogen-bond donors (Lipinski definition) is 1. The Hall–Kier alpha value is -2.08. The molecule has 0 aromatic heterocycles. The van der Waals surface area contributed by atoms with Gasteiger partial charge in [-0.25, -0.2) is 4.79 Å². The molecular weight excluding hydrogens is 322 g/mol. The van der Waals surface area contributed by atoms with Gasteiger partial charge in [-0.2, -0.15) is 0 Å². The number of rotatable bonds is 10. The van der Waals surface area contributed by atoms with Crippen molar-refractivity contribution in [2.75, 3.05) is 26.1 Å². The van der Waals surface area contributed by atoms with Crippen LogP contribution in [0.4, 0.5) is 5.69 Å². The molecule has 1 rings (SSSR count). The van der Waals surface area contributed by atoms with Gasteiger partial charge in [0, 0.05) is 12.8 Å². The molecule has 0 radical (unpaired) electrons. The summed E-state index contributed by atoms with van der Waals surface area (Å²) in [6, 6.07) is 4.89. The summed E-state index contributed by atoms with van der Waals surface area (Å²) >= 11 is 0. The maximum absolute atomic E-state index is 12.6. The molecule has 0 spiro atoms. The summed E-state index contributed by atoms with van der Waals surface area (Å²) in [4.78, 5) is 24.6. The second-order valence-corrected chi connectivity index (χ2v) is 5.98. The number of benzene rings is 1. The van der Waals surface area contributed by atoms with Gasteiger partial charge < -0.3 is 19.5 Å². The summed E-state index contributed by atoms with van der Waals surface area (Å²) in [5.74, 6) is -0.340. The van der Waals surface area contributed by atoms with Crippen LogP contribution in [0, 0.1) is 0 Å². The Morgan fingerprint density at radius 2 is 1.88 bits per heavy atom. The normalized spacial score (nSPS) is 13.0. The third-order valence-corrected chi connectivity index (χ3v) is 4.13. The van der Waals surface area contributed by atoms with Crippen LogP contribution in [0.2, 0.25) is 0 Å². The molecule has 0 saturated carbocycles. The van der Waals surface area contributed by atoms with Crippen molar-refractivity contribution in [2.24, 2.45) is 0 Å². The Morgan fingerprint density at radius 3 is 2.44 bits per heavy atom. The van der Waals surface area contributed by atoms with Gasteiger partial charge in [0.25, 0.3) is 5.91 Å². The molecule has 0 unspecified atom stereocenters. The summed E-state index contributed by atoms with van der Waals surface area (Å²) in [6.07, 6.45) is 3.65. The van der Waals surface area contributed by atoms with Crippen molar-refractivity contribution in [2.45, 2.75) is 52.1 Å². The first-order valence-electron chi connectivity index (χ1n) is 8.63. The minimum atomic E-state index is -0.917. The van der Waals surface area contributed by atoms with Crippen molar-refractivity contribution in [3.63, 3.8) is 0 Å². The van der Waals surface area contributed by atoms with Crippen LogP contribution in [0.15, 0.2) is 18.2 Å². The van der Waals surface area contributed by atoms with Gasteiger partial charge >= 0.3 is 5.97 Å². The van der Waals surface area contributed by atoms with Gasteiger partial charge in [-0.15, -0.1) is 0 Å². The van der Waals surface area contributed by atoms with E-state index in [1.165, 1.54) is 14.2 Å². The van der Waals surface area contributed by atoms with Gasteiger partial charge in [0.2, 0.25) is 0 Å². The fourth-order valence-electron chi connectivity index (χ4n) is 2.44. The van der Waals surface area contributed by atoms with E-state index in [1.54, 1.807) is 25.1 Å². The number of methoxy groups -OCH3 is 2. The van der Waals surface area contributed by atoms with Gasteiger partial charge in [0.1, 0.15) is 16.9 Å². The lowest BCUT2D eigenvalue weighted by atomic mass is 9.96. The lowest BCUT2D eigenvalue weighted by Gasteiger charge is -2.27. The molecule has 0 bridgehead atoms. The second-order valence-electron chi connectivity index (χ2n) is 5.98. The van der Waals surface area contributed by atoms with Gasteiger partial charge in [0.05, 0.1) is 13.7 Å². The summed E-state index contributed by atoms with van der Waals surface area (Å²) in [7, 11) is 2.84. The zero-order valence-corrected chi connectivity index (χ0v) is 15.8. The highest BCUT2D eigenvalue weighted by molar-refractivity contribution is 5.99. The molecule has 0 heterocycles. The standard InChI is InChI=1S/C19H29NO5/c1-6-8-9-12-19(3,24-5)18(22)20-14-10-11-16(25-7-2)15(13-14)17(21)23-4/h10-11,13H,6-9,12H2,1-5H3,(H,20,22)/t19-/m1/s1. The second kappa shape index (κ2) is 10.0. The van der Waals surface area contributed by atoms with Crippen LogP contribution in [-0.4, -0.2) is 38.3 Å². The van der Waals surface area contributed by atoms with Crippen LogP contribution in [0.25, 0.3) is 0 Å². The number of hydrogen-bond acceptors (Lipinski definition) is 5. The topological polar surface area (TPSA) is 73.9 Å². The molecule has 0 saturated heterocycles. The molecule has 140 valence electrons. The van der Waals surface area contributed by atoms with E-state index in [0.29, 0.717) is 24.5 Å². The number of carbonyl (C=O) groups excluding carboxylic acids is 2. The van der Waals surface area contributed by atoms with Crippen LogP contribution in [0.1, 0.15) is 56.8 Å². The Morgan fingerprint density at radius 1 is 1.16 bits per heavy atom. The SMILES string of the molecule is CCCCC[C@@](C)(OC)C(=O)Nc1ccc(OCC)c(C(=O)OC)c1. The Kier molecular flexibility index (Phi) is 8.41. The van der Waals surface area contributed by atoms with Gasteiger partial charge in [-0.05, 0) is 38.5 Å². The number of nitrogens with one attached hydrogen (secondary N) is 1. The predicted molar refractivity (Wildman–Crippen MR) is 97.1 cm³/mol. The highest BCUT2D eigenvalue weighted by Gasteiger charge is 2.32. The minimum absolute atomic E-state index is 0.244. The maximum atomic E-state index is 12.6. The molecule has 1 aromatic rings. The Balaban J connectivity index is 2.96. The molecule has 0 aliphatic carbocycles. The summed E-state index contributed by atoms with van der Waals surface area (Å²) in [5, 5.41) is 2.82. The van der Waals surface area contributed by atoms with E-state index in [4.69, 9.17) is 14.2 Å². The molecule has 25 heavy (non-hydrogen) atoms. The molecule has 1 aromatic carbocycles. The first kappa shape index (κ1) is 21.0. The quantitative estimate of drug-likeness (QED) is 0.513. The number of amides is 1. The lowest BCUT2D eigenvalue weighted by Crippen LogP contribution is -2.42. The fourth-order valence-corrected chi connectivity index (χ4v) is 2.44. The average molecular weight is 351 g/mol. The van der Waals surface area contributed by atoms with Crippen LogP contribution in [0.5, 0.6) is 5.75 Å². The highest BCUT2D eigenvalue weighted by Crippen LogP contribution is 2.26. The first-order valence-corrected chi connectivity index (χ1v) is 8.63. The largest absolute Gasteiger partial charge is 0.493 e. The molecule has 0 fully saturated rings. The number of ether oxygens (including phenoxy) is 3. The van der Waals surface area contributed by atoms with E-state index in [0.717, 1.165) is 19.3 Å². The van der Waals surface area contributed by atoms with E-state index in [9.17, 15) is 9.59 Å². The number of esters is 1. The third-order valence-electron chi connectivity index (χ3n) is 4.13. The molecule has 1 atom stereocenters. The van der Waals surface area contributed by atoms with E-state index < -0.39 is 11.6 Å². The maximum Gasteiger partial charge on any atom is 0.341 e. The monoisotopic (exact) mass is 351 g/mol. The van der Waals surface area contributed by atoms with Crippen molar-refractivity contribution in [3.8, 4) is 5.75 Å². The van der Waals surface area contributed by atoms with Crippen molar-refractivity contribution in [1.29, 1.82) is 0 Å². The van der Waals surface area contributed by atoms with Crippen LogP contribution in [0.3, 0.4) is 0 Å². The lowest BCUT2D eigenvalue weighted by molar-refractivity contribution is -0.136. The van der Waals surface area contributed by atoms with Crippen LogP contribution < -0.4 is 10.1 Å². The van der Waals surface area contributed by atoms with E-state index >= 15 is 0 Å². The number of anilines is 1. The van der Waals surface area contributed by atoms with Gasteiger partial charge in [-0.3, -0.25) is 4.79 Å². The van der Waals surface area contributed by atoms with Crippen LogP contribution in [-0.2, 0) is 14.3 Å². The van der Waals surface area contributed by atoms with E-state index in [-0.39, 0.29) is 11.5 Å². The smallest absolute Gasteiger partial charge is 0.341 e. The first-order chi connectivity index (χ1) is 11.9. The van der Waals surface area contributed by atoms with Crippen molar-refractivity contribution < 1.29 is 23.8 Å². The van der Waals surface area contributed by atoms with Crippen molar-refractivity contribution in [3.05, 3.63) is 23.8 Å². The zero-order chi connectivity index (χ0) is 18.9. The van der Waals surface area contributed by atoms with Gasteiger partial charge in [-0.1, -0.05) is 26.2 Å². The summed E-state index contributed by atoms with van der Waals surface area (Å²) < 4.78 is 15.7. The zero-order valence-electron chi connectivity index (χ0n) is 15.8. The molecule has 0 aliphatic heterocycles. The summed E-state index contributed by atoms with van der Waals surface area (Å²) in [5.41, 5.74) is -0.154. The molecular formula is C19H29NO5. The van der Waals surface area contributed by atoms with Gasteiger partial charge in [0.15, 0.2) is 0 Å². The average Bonchev–Trinajstić information content (AvgIpc) is 2.62. The summed E-state index contributed by atoms with van der Waals surface area (Å²) in [6.45, 7) is 6.14. The molecule has 6 heteroatoms. The minimum Gasteiger partial charge on any atom is -0.493 e. The Labute approximate surface area is 149 Å². The third kappa shape index (κ3) is 5.74. The predicted octanol–water partition coefficient (Wildman–Crippen LogP) is 3.80. The van der Waals surface area contributed by atoms with Crippen molar-refractivity contribution in [1.82, 2.24) is 0 Å². The number of unbranched alkanes of at least 4 members (excludes halogenated alkanes) is 2. The highest BCUT2D eigenvalue weighted by atomic mass is 16.5. The molecule has 1 amide bonds. The van der Waals surface area contributed by atoms with Crippen molar-refractivity contribution >= 4 is 17.6 Å². The van der Waals surface area contributed by atoms with Crippen LogP contribution >= 0.6 is 0 Å². The molecule has 6 nitrogen and oxygen atoms in total. The molecule has 0 aliphatic rings. The fraction of sp³-hybridized carbons (Fsp3) is 0.579. The van der Waals surface area contributed by atoms with E-state index in [2.05, 4.69) is 12.2 Å². The Bertz CT molecular complexity index is 587. The van der Waals surface area contributed by atoms with E-state index in [1.807, 2.05) is 6.92 Å². The number of carbonyl (C=O) groups is 2.